The lowest BCUT2D eigenvalue weighted by molar-refractivity contribution is 0.0607. The van der Waals surface area contributed by atoms with Crippen molar-refractivity contribution in [2.75, 3.05) is 31.4 Å². The molecule has 0 radical (unpaired) electrons. The van der Waals surface area contributed by atoms with Crippen molar-refractivity contribution in [2.24, 2.45) is 0 Å². The van der Waals surface area contributed by atoms with Gasteiger partial charge in [0.25, 0.3) is 5.91 Å². The number of methoxy groups -OCH3 is 1. The van der Waals surface area contributed by atoms with E-state index in [9.17, 15) is 9.59 Å². The summed E-state index contributed by atoms with van der Waals surface area (Å²) < 4.78 is 4.69. The Labute approximate surface area is 127 Å². The molecule has 0 unspecified atom stereocenters. The third kappa shape index (κ3) is 3.41. The van der Waals surface area contributed by atoms with E-state index in [2.05, 4.69) is 10.1 Å². The zero-order chi connectivity index (χ0) is 15.4. The van der Waals surface area contributed by atoms with E-state index >= 15 is 0 Å². The highest BCUT2D eigenvalue weighted by atomic mass is 32.1. The third-order valence-electron chi connectivity index (χ3n) is 2.91. The molecule has 1 amide bonds. The first kappa shape index (κ1) is 15.1. The number of amides is 1. The van der Waals surface area contributed by atoms with Crippen molar-refractivity contribution < 1.29 is 14.3 Å². The second-order valence-corrected chi connectivity index (χ2v) is 5.47. The highest BCUT2D eigenvalue weighted by molar-refractivity contribution is 7.12. The fourth-order valence-electron chi connectivity index (χ4n) is 1.78. The predicted octanol–water partition coefficient (Wildman–Crippen LogP) is 2.85. The van der Waals surface area contributed by atoms with E-state index in [1.807, 2.05) is 31.1 Å². The van der Waals surface area contributed by atoms with Crippen LogP contribution in [0.3, 0.4) is 0 Å². The number of benzene rings is 1. The molecule has 110 valence electrons. The Kier molecular flexibility index (Phi) is 4.59. The number of rotatable bonds is 4. The van der Waals surface area contributed by atoms with E-state index in [1.165, 1.54) is 18.4 Å². The number of nitrogens with one attached hydrogen (secondary N) is 1. The second-order valence-electron chi connectivity index (χ2n) is 4.55. The molecule has 1 aromatic carbocycles. The zero-order valence-electron chi connectivity index (χ0n) is 12.0. The molecule has 0 saturated heterocycles. The highest BCUT2D eigenvalue weighted by Crippen LogP contribution is 2.24. The van der Waals surface area contributed by atoms with Gasteiger partial charge in [0.2, 0.25) is 0 Å². The summed E-state index contributed by atoms with van der Waals surface area (Å²) in [5.41, 5.74) is 1.93. The summed E-state index contributed by atoms with van der Waals surface area (Å²) in [5.74, 6) is -0.718. The van der Waals surface area contributed by atoms with Crippen molar-refractivity contribution in [3.8, 4) is 0 Å². The fourth-order valence-corrected chi connectivity index (χ4v) is 2.54. The van der Waals surface area contributed by atoms with Crippen molar-refractivity contribution in [3.05, 3.63) is 46.2 Å². The fraction of sp³-hybridized carbons (Fsp3) is 0.200. The molecule has 21 heavy (non-hydrogen) atoms. The number of hydrogen-bond acceptors (Lipinski definition) is 5. The highest BCUT2D eigenvalue weighted by Gasteiger charge is 2.16. The van der Waals surface area contributed by atoms with E-state index in [4.69, 9.17) is 0 Å². The van der Waals surface area contributed by atoms with Crippen molar-refractivity contribution >= 4 is 34.6 Å². The van der Waals surface area contributed by atoms with Crippen LogP contribution in [0.25, 0.3) is 0 Å². The standard InChI is InChI=1S/C15H16N2O3S/c1-17(2)11-6-4-5-10(9-11)14(18)16-12-7-8-21-13(12)15(19)20-3/h4-9H,1-3H3,(H,16,18). The van der Waals surface area contributed by atoms with Gasteiger partial charge in [-0.2, -0.15) is 0 Å². The van der Waals surface area contributed by atoms with E-state index in [0.717, 1.165) is 5.69 Å². The molecule has 1 heterocycles. The van der Waals surface area contributed by atoms with Crippen molar-refractivity contribution in [1.29, 1.82) is 0 Å². The molecular weight excluding hydrogens is 288 g/mol. The number of carbonyl (C=O) groups excluding carboxylic acids is 2. The minimum Gasteiger partial charge on any atom is -0.465 e. The molecule has 0 fully saturated rings. The summed E-state index contributed by atoms with van der Waals surface area (Å²) in [6.07, 6.45) is 0. The Morgan fingerprint density at radius 3 is 2.67 bits per heavy atom. The first-order valence-electron chi connectivity index (χ1n) is 6.27. The molecule has 0 atom stereocenters. The van der Waals surface area contributed by atoms with Gasteiger partial charge < -0.3 is 15.0 Å². The molecule has 1 N–H and O–H groups in total. The second kappa shape index (κ2) is 6.41. The molecule has 0 bridgehead atoms. The Morgan fingerprint density at radius 2 is 2.00 bits per heavy atom. The summed E-state index contributed by atoms with van der Waals surface area (Å²) >= 11 is 1.23. The summed E-state index contributed by atoms with van der Waals surface area (Å²) in [6, 6.07) is 8.94. The Balaban J connectivity index is 2.21. The quantitative estimate of drug-likeness (QED) is 0.882. The lowest BCUT2D eigenvalue weighted by atomic mass is 10.1. The number of thiophene rings is 1. The van der Waals surface area contributed by atoms with Crippen LogP contribution in [0.4, 0.5) is 11.4 Å². The molecule has 0 saturated carbocycles. The van der Waals surface area contributed by atoms with Gasteiger partial charge in [-0.3, -0.25) is 4.79 Å². The average molecular weight is 304 g/mol. The Bertz CT molecular complexity index is 664. The summed E-state index contributed by atoms with van der Waals surface area (Å²) in [7, 11) is 5.13. The minimum atomic E-state index is -0.456. The Hall–Kier alpha value is -2.34. The molecule has 5 nitrogen and oxygen atoms in total. The van der Waals surface area contributed by atoms with Gasteiger partial charge in [-0.1, -0.05) is 6.07 Å². The van der Waals surface area contributed by atoms with Crippen molar-refractivity contribution in [1.82, 2.24) is 0 Å². The summed E-state index contributed by atoms with van der Waals surface area (Å²) in [4.78, 5) is 26.2. The van der Waals surface area contributed by atoms with Gasteiger partial charge >= 0.3 is 5.97 Å². The largest absolute Gasteiger partial charge is 0.465 e. The van der Waals surface area contributed by atoms with Gasteiger partial charge in [-0.15, -0.1) is 11.3 Å². The maximum absolute atomic E-state index is 12.3. The van der Waals surface area contributed by atoms with Crippen molar-refractivity contribution in [3.63, 3.8) is 0 Å². The normalized spacial score (nSPS) is 10.0. The molecule has 2 rings (SSSR count). The predicted molar refractivity (Wildman–Crippen MR) is 84.4 cm³/mol. The van der Waals surface area contributed by atoms with E-state index < -0.39 is 5.97 Å². The van der Waals surface area contributed by atoms with Crippen LogP contribution >= 0.6 is 11.3 Å². The zero-order valence-corrected chi connectivity index (χ0v) is 12.9. The number of nitrogens with zero attached hydrogens (tertiary/aromatic N) is 1. The van der Waals surface area contributed by atoms with Crippen molar-refractivity contribution in [2.45, 2.75) is 0 Å². The topological polar surface area (TPSA) is 58.6 Å². The van der Waals surface area contributed by atoms with Crippen LogP contribution in [-0.2, 0) is 4.74 Å². The monoisotopic (exact) mass is 304 g/mol. The first-order chi connectivity index (χ1) is 10.0. The molecule has 2 aromatic rings. The van der Waals surface area contributed by atoms with E-state index in [-0.39, 0.29) is 5.91 Å². The molecule has 0 aliphatic rings. The smallest absolute Gasteiger partial charge is 0.350 e. The van der Waals surface area contributed by atoms with Gasteiger partial charge in [0.05, 0.1) is 12.8 Å². The molecule has 0 spiro atoms. The first-order valence-corrected chi connectivity index (χ1v) is 7.15. The van der Waals surface area contributed by atoms with Crippen LogP contribution < -0.4 is 10.2 Å². The van der Waals surface area contributed by atoms with E-state index in [1.54, 1.807) is 23.6 Å². The van der Waals surface area contributed by atoms with Crippen LogP contribution in [0.1, 0.15) is 20.0 Å². The maximum Gasteiger partial charge on any atom is 0.350 e. The van der Waals surface area contributed by atoms with Crippen LogP contribution in [0.2, 0.25) is 0 Å². The van der Waals surface area contributed by atoms with Gasteiger partial charge in [0, 0.05) is 25.3 Å². The van der Waals surface area contributed by atoms with Crippen LogP contribution in [0.5, 0.6) is 0 Å². The van der Waals surface area contributed by atoms with Gasteiger partial charge in [-0.25, -0.2) is 4.79 Å². The number of ether oxygens (including phenoxy) is 1. The molecule has 1 aromatic heterocycles. The molecule has 0 aliphatic carbocycles. The SMILES string of the molecule is COC(=O)c1sccc1NC(=O)c1cccc(N(C)C)c1. The lowest BCUT2D eigenvalue weighted by Crippen LogP contribution is -2.15. The summed E-state index contributed by atoms with van der Waals surface area (Å²) in [6.45, 7) is 0. The molecule has 6 heteroatoms. The Morgan fingerprint density at radius 1 is 1.24 bits per heavy atom. The van der Waals surface area contributed by atoms with Gasteiger partial charge in [0.1, 0.15) is 4.88 Å². The third-order valence-corrected chi connectivity index (χ3v) is 3.80. The number of hydrogen-bond donors (Lipinski definition) is 1. The number of anilines is 2. The van der Waals surface area contributed by atoms with Gasteiger partial charge in [-0.05, 0) is 29.6 Å². The number of carbonyl (C=O) groups is 2. The summed E-state index contributed by atoms with van der Waals surface area (Å²) in [5, 5.41) is 4.47. The molecule has 0 aliphatic heterocycles. The van der Waals surface area contributed by atoms with Crippen LogP contribution in [0.15, 0.2) is 35.7 Å². The number of esters is 1. The maximum atomic E-state index is 12.3. The molecular formula is C15H16N2O3S. The lowest BCUT2D eigenvalue weighted by Gasteiger charge is -2.13. The van der Waals surface area contributed by atoms with Crippen LogP contribution in [0, 0.1) is 0 Å². The van der Waals surface area contributed by atoms with E-state index in [0.29, 0.717) is 16.1 Å². The average Bonchev–Trinajstić information content (AvgIpc) is 2.94. The minimum absolute atomic E-state index is 0.262. The van der Waals surface area contributed by atoms with Gasteiger partial charge in [0.15, 0.2) is 0 Å². The van der Waals surface area contributed by atoms with Crippen LogP contribution in [-0.4, -0.2) is 33.1 Å².